The van der Waals surface area contributed by atoms with Gasteiger partial charge in [0, 0.05) is 18.8 Å². The fourth-order valence-corrected chi connectivity index (χ4v) is 5.13. The van der Waals surface area contributed by atoms with Crippen LogP contribution in [0.15, 0.2) is 39.8 Å². The summed E-state index contributed by atoms with van der Waals surface area (Å²) in [6, 6.07) is 4.90. The number of fused-ring (bicyclic) bond motifs is 3. The van der Waals surface area contributed by atoms with E-state index in [9.17, 15) is 14.0 Å². The van der Waals surface area contributed by atoms with Gasteiger partial charge in [-0.3, -0.25) is 9.59 Å². The van der Waals surface area contributed by atoms with Gasteiger partial charge in [-0.05, 0) is 56.4 Å². The zero-order valence-electron chi connectivity index (χ0n) is 18.3. The zero-order chi connectivity index (χ0) is 24.0. The van der Waals surface area contributed by atoms with Crippen LogP contribution in [0.2, 0.25) is 5.02 Å². The second kappa shape index (κ2) is 8.79. The van der Waals surface area contributed by atoms with E-state index in [0.29, 0.717) is 35.9 Å². The lowest BCUT2D eigenvalue weighted by atomic mass is 9.85. The number of carbonyl (C=O) groups excluding carboxylic acids is 1. The van der Waals surface area contributed by atoms with E-state index in [-0.39, 0.29) is 45.1 Å². The van der Waals surface area contributed by atoms with Crippen molar-refractivity contribution in [1.29, 1.82) is 0 Å². The smallest absolute Gasteiger partial charge is 0.264 e. The number of nitrogens with one attached hydrogen (secondary N) is 1. The molecule has 1 amide bonds. The molecule has 1 fully saturated rings. The third-order valence-corrected chi connectivity index (χ3v) is 6.82. The summed E-state index contributed by atoms with van der Waals surface area (Å²) >= 11 is 6.42. The summed E-state index contributed by atoms with van der Waals surface area (Å²) in [6.07, 6.45) is 4.09. The van der Waals surface area contributed by atoms with Crippen molar-refractivity contribution in [3.05, 3.63) is 68.9 Å². The number of amides is 1. The lowest BCUT2D eigenvalue weighted by molar-refractivity contribution is 0.0940. The van der Waals surface area contributed by atoms with Gasteiger partial charge in [0.25, 0.3) is 11.5 Å². The first-order chi connectivity index (χ1) is 16.3. The first kappa shape index (κ1) is 22.5. The quantitative estimate of drug-likeness (QED) is 0.413. The number of pyridine rings is 2. The highest BCUT2D eigenvalue weighted by atomic mass is 35.5. The van der Waals surface area contributed by atoms with E-state index in [4.69, 9.17) is 16.1 Å². The van der Waals surface area contributed by atoms with E-state index < -0.39 is 11.8 Å². The Morgan fingerprint density at radius 2 is 2.06 bits per heavy atom. The number of benzene rings is 1. The van der Waals surface area contributed by atoms with E-state index in [0.717, 1.165) is 18.9 Å². The van der Waals surface area contributed by atoms with Crippen molar-refractivity contribution in [2.24, 2.45) is 5.92 Å². The molecule has 1 aromatic carbocycles. The summed E-state index contributed by atoms with van der Waals surface area (Å²) in [5.41, 5.74) is 0.609. The first-order valence-corrected chi connectivity index (χ1v) is 11.4. The lowest BCUT2D eigenvalue weighted by Gasteiger charge is -2.31. The molecule has 10 heteroatoms. The summed E-state index contributed by atoms with van der Waals surface area (Å²) < 4.78 is 35.0. The minimum atomic E-state index is -0.656. The van der Waals surface area contributed by atoms with Gasteiger partial charge in [0.2, 0.25) is 5.95 Å². The van der Waals surface area contributed by atoms with E-state index in [1.807, 2.05) is 0 Å². The molecule has 4 aromatic rings. The van der Waals surface area contributed by atoms with Gasteiger partial charge < -0.3 is 14.4 Å². The summed E-state index contributed by atoms with van der Waals surface area (Å²) in [5.74, 6) is -1.50. The molecule has 0 spiro atoms. The van der Waals surface area contributed by atoms with Crippen LogP contribution >= 0.6 is 11.6 Å². The maximum absolute atomic E-state index is 15.1. The third kappa shape index (κ3) is 3.83. The van der Waals surface area contributed by atoms with Crippen LogP contribution in [0.4, 0.5) is 8.78 Å². The van der Waals surface area contributed by atoms with Crippen LogP contribution in [0.5, 0.6) is 0 Å². The second-order valence-electron chi connectivity index (χ2n) is 8.67. The Morgan fingerprint density at radius 3 is 2.82 bits per heavy atom. The van der Waals surface area contributed by atoms with Gasteiger partial charge >= 0.3 is 0 Å². The van der Waals surface area contributed by atoms with Gasteiger partial charge in [-0.1, -0.05) is 23.2 Å². The van der Waals surface area contributed by atoms with Crippen molar-refractivity contribution in [3.8, 4) is 0 Å². The molecule has 0 saturated heterocycles. The van der Waals surface area contributed by atoms with E-state index in [1.165, 1.54) is 29.0 Å². The molecule has 34 heavy (non-hydrogen) atoms. The van der Waals surface area contributed by atoms with Crippen molar-refractivity contribution in [2.75, 3.05) is 6.54 Å². The van der Waals surface area contributed by atoms with Crippen molar-refractivity contribution < 1.29 is 18.1 Å². The molecule has 176 valence electrons. The predicted octanol–water partition coefficient (Wildman–Crippen LogP) is 4.94. The van der Waals surface area contributed by atoms with Gasteiger partial charge in [-0.15, -0.1) is 0 Å². The zero-order valence-corrected chi connectivity index (χ0v) is 19.0. The largest absolute Gasteiger partial charge is 0.355 e. The minimum absolute atomic E-state index is 0.0690. The monoisotopic (exact) mass is 486 g/mol. The van der Waals surface area contributed by atoms with Crippen LogP contribution in [0, 0.1) is 24.6 Å². The molecular formula is C24H21ClF2N4O3. The number of rotatable bonds is 4. The number of halogens is 3. The highest BCUT2D eigenvalue weighted by Crippen LogP contribution is 2.38. The molecule has 5 rings (SSSR count). The van der Waals surface area contributed by atoms with Crippen molar-refractivity contribution >= 4 is 39.4 Å². The Hall–Kier alpha value is -3.33. The number of aryl methyl sites for hydroxylation is 1. The number of hydrogen-bond acceptors (Lipinski definition) is 5. The molecular weight excluding hydrogens is 466 g/mol. The normalized spacial score (nSPS) is 18.5. The SMILES string of the molecule is Cc1noc2c1c(=O)n(C1CCCC(CNC(=O)c3ccc(F)nc3)C1)c1c(F)ccc(Cl)c21. The van der Waals surface area contributed by atoms with Crippen LogP contribution in [0.1, 0.15) is 47.8 Å². The van der Waals surface area contributed by atoms with Crippen LogP contribution in [-0.2, 0) is 0 Å². The Morgan fingerprint density at radius 1 is 1.24 bits per heavy atom. The van der Waals surface area contributed by atoms with E-state index in [2.05, 4.69) is 15.5 Å². The van der Waals surface area contributed by atoms with Crippen LogP contribution in [-0.4, -0.2) is 27.2 Å². The Labute approximate surface area is 197 Å². The maximum atomic E-state index is 15.1. The van der Waals surface area contributed by atoms with Crippen LogP contribution < -0.4 is 10.9 Å². The minimum Gasteiger partial charge on any atom is -0.355 e. The average molecular weight is 487 g/mol. The number of aromatic nitrogens is 3. The highest BCUT2D eigenvalue weighted by molar-refractivity contribution is 6.37. The summed E-state index contributed by atoms with van der Waals surface area (Å²) in [7, 11) is 0. The molecule has 2 unspecified atom stereocenters. The summed E-state index contributed by atoms with van der Waals surface area (Å²) in [4.78, 5) is 29.4. The van der Waals surface area contributed by atoms with Gasteiger partial charge in [-0.2, -0.15) is 4.39 Å². The molecule has 3 heterocycles. The molecule has 1 N–H and O–H groups in total. The molecule has 0 aliphatic heterocycles. The van der Waals surface area contributed by atoms with Crippen molar-refractivity contribution in [3.63, 3.8) is 0 Å². The fourth-order valence-electron chi connectivity index (χ4n) is 4.89. The van der Waals surface area contributed by atoms with Gasteiger partial charge in [0.05, 0.1) is 27.2 Å². The van der Waals surface area contributed by atoms with E-state index in [1.54, 1.807) is 6.92 Å². The highest BCUT2D eigenvalue weighted by Gasteiger charge is 2.29. The molecule has 0 radical (unpaired) electrons. The number of nitrogens with zero attached hydrogens (tertiary/aromatic N) is 3. The number of carbonyl (C=O) groups is 1. The maximum Gasteiger partial charge on any atom is 0.264 e. The molecule has 2 atom stereocenters. The van der Waals surface area contributed by atoms with Crippen LogP contribution in [0.3, 0.4) is 0 Å². The summed E-state index contributed by atoms with van der Waals surface area (Å²) in [6.45, 7) is 2.04. The van der Waals surface area contributed by atoms with E-state index >= 15 is 4.39 Å². The van der Waals surface area contributed by atoms with Gasteiger partial charge in [0.1, 0.15) is 11.2 Å². The fraction of sp³-hybridized carbons (Fsp3) is 0.333. The Kier molecular flexibility index (Phi) is 5.81. The second-order valence-corrected chi connectivity index (χ2v) is 9.07. The summed E-state index contributed by atoms with van der Waals surface area (Å²) in [5, 5.41) is 7.67. The van der Waals surface area contributed by atoms with Gasteiger partial charge in [-0.25, -0.2) is 9.37 Å². The first-order valence-electron chi connectivity index (χ1n) is 11.0. The molecule has 1 aliphatic carbocycles. The third-order valence-electron chi connectivity index (χ3n) is 6.50. The Bertz CT molecular complexity index is 1470. The topological polar surface area (TPSA) is 90.0 Å². The van der Waals surface area contributed by atoms with Crippen molar-refractivity contribution in [2.45, 2.75) is 38.6 Å². The van der Waals surface area contributed by atoms with Gasteiger partial charge in [0.15, 0.2) is 5.58 Å². The molecule has 1 aliphatic rings. The van der Waals surface area contributed by atoms with Crippen molar-refractivity contribution in [1.82, 2.24) is 20.0 Å². The molecule has 0 bridgehead atoms. The van der Waals surface area contributed by atoms with Crippen LogP contribution in [0.25, 0.3) is 21.9 Å². The molecule has 7 nitrogen and oxygen atoms in total. The molecule has 3 aromatic heterocycles. The number of hydrogen-bond donors (Lipinski definition) is 1. The average Bonchev–Trinajstić information content (AvgIpc) is 3.22. The lowest BCUT2D eigenvalue weighted by Crippen LogP contribution is -2.35. The standard InChI is InChI=1S/C24H21ClF2N4O3/c1-12-19-22(34-30-12)20-16(25)6-7-17(26)21(20)31(24(19)33)15-4-2-3-13(9-15)10-29-23(32)14-5-8-18(27)28-11-14/h5-8,11,13,15H,2-4,9-10H2,1H3,(H,29,32). The predicted molar refractivity (Wildman–Crippen MR) is 123 cm³/mol. The Balaban J connectivity index is 1.47. The molecule has 1 saturated carbocycles.